The SMILES string of the molecule is CC(C)C[C@H](N)C(=O)Nc1ccc(CCN2CCCC2)cc1.Cl.Cl. The zero-order valence-corrected chi connectivity index (χ0v) is 16.3. The normalized spacial score (nSPS) is 15.5. The number of amides is 1. The number of nitrogens with two attached hydrogens (primary N) is 1. The first-order valence-electron chi connectivity index (χ1n) is 8.42. The van der Waals surface area contributed by atoms with Gasteiger partial charge in [0.1, 0.15) is 0 Å². The van der Waals surface area contributed by atoms with Gasteiger partial charge in [-0.1, -0.05) is 26.0 Å². The van der Waals surface area contributed by atoms with Crippen molar-refractivity contribution in [2.45, 2.75) is 45.6 Å². The van der Waals surface area contributed by atoms with E-state index in [2.05, 4.69) is 36.2 Å². The zero-order chi connectivity index (χ0) is 15.9. The van der Waals surface area contributed by atoms with Gasteiger partial charge in [-0.3, -0.25) is 4.79 Å². The number of halogens is 2. The molecule has 0 saturated carbocycles. The lowest BCUT2D eigenvalue weighted by molar-refractivity contribution is -0.117. The fourth-order valence-electron chi connectivity index (χ4n) is 2.90. The minimum absolute atomic E-state index is 0. The van der Waals surface area contributed by atoms with Gasteiger partial charge in [-0.05, 0) is 62.4 Å². The Balaban J connectivity index is 0.00000264. The molecule has 0 aromatic heterocycles. The van der Waals surface area contributed by atoms with E-state index in [0.717, 1.165) is 18.7 Å². The molecular weight excluding hydrogens is 345 g/mol. The van der Waals surface area contributed by atoms with Crippen molar-refractivity contribution in [1.29, 1.82) is 0 Å². The molecule has 1 saturated heterocycles. The van der Waals surface area contributed by atoms with E-state index in [1.54, 1.807) is 0 Å². The number of hydrogen-bond donors (Lipinski definition) is 2. The maximum absolute atomic E-state index is 12.0. The summed E-state index contributed by atoms with van der Waals surface area (Å²) >= 11 is 0. The fraction of sp³-hybridized carbons (Fsp3) is 0.611. The summed E-state index contributed by atoms with van der Waals surface area (Å²) in [5, 5.41) is 2.90. The average Bonchev–Trinajstić information content (AvgIpc) is 2.99. The third-order valence-corrected chi connectivity index (χ3v) is 4.20. The molecule has 1 atom stereocenters. The van der Waals surface area contributed by atoms with Crippen LogP contribution in [0.1, 0.15) is 38.7 Å². The molecule has 0 bridgehead atoms. The van der Waals surface area contributed by atoms with Crippen molar-refractivity contribution in [2.75, 3.05) is 25.0 Å². The first-order valence-corrected chi connectivity index (χ1v) is 8.42. The summed E-state index contributed by atoms with van der Waals surface area (Å²) in [6.07, 6.45) is 4.45. The van der Waals surface area contributed by atoms with Gasteiger partial charge in [-0.25, -0.2) is 0 Å². The molecule has 3 N–H and O–H groups in total. The van der Waals surface area contributed by atoms with Crippen LogP contribution in [0.3, 0.4) is 0 Å². The second-order valence-corrected chi connectivity index (χ2v) is 6.72. The van der Waals surface area contributed by atoms with Crippen LogP contribution in [-0.4, -0.2) is 36.5 Å². The van der Waals surface area contributed by atoms with E-state index >= 15 is 0 Å². The summed E-state index contributed by atoms with van der Waals surface area (Å²) < 4.78 is 0. The molecule has 0 radical (unpaired) electrons. The quantitative estimate of drug-likeness (QED) is 0.766. The number of benzene rings is 1. The summed E-state index contributed by atoms with van der Waals surface area (Å²) in [4.78, 5) is 14.5. The summed E-state index contributed by atoms with van der Waals surface area (Å²) in [7, 11) is 0. The van der Waals surface area contributed by atoms with Crippen molar-refractivity contribution in [3.8, 4) is 0 Å². The molecule has 24 heavy (non-hydrogen) atoms. The Kier molecular flexibility index (Phi) is 11.3. The van der Waals surface area contributed by atoms with Gasteiger partial charge in [0.15, 0.2) is 0 Å². The highest BCUT2D eigenvalue weighted by molar-refractivity contribution is 5.94. The molecule has 2 rings (SSSR count). The molecule has 1 fully saturated rings. The molecule has 1 aromatic rings. The highest BCUT2D eigenvalue weighted by Crippen LogP contribution is 2.13. The fourth-order valence-corrected chi connectivity index (χ4v) is 2.90. The smallest absolute Gasteiger partial charge is 0.241 e. The maximum Gasteiger partial charge on any atom is 0.241 e. The minimum Gasteiger partial charge on any atom is -0.325 e. The molecule has 1 aliphatic heterocycles. The lowest BCUT2D eigenvalue weighted by Crippen LogP contribution is -2.36. The molecule has 1 aliphatic rings. The van der Waals surface area contributed by atoms with Gasteiger partial charge >= 0.3 is 0 Å². The van der Waals surface area contributed by atoms with E-state index in [0.29, 0.717) is 12.3 Å². The van der Waals surface area contributed by atoms with Gasteiger partial charge in [0.25, 0.3) is 0 Å². The molecule has 138 valence electrons. The van der Waals surface area contributed by atoms with Gasteiger partial charge in [-0.2, -0.15) is 0 Å². The molecule has 4 nitrogen and oxygen atoms in total. The molecule has 0 spiro atoms. The van der Waals surface area contributed by atoms with Crippen molar-refractivity contribution in [3.63, 3.8) is 0 Å². The van der Waals surface area contributed by atoms with E-state index in [1.165, 1.54) is 31.5 Å². The predicted octanol–water partition coefficient (Wildman–Crippen LogP) is 3.48. The number of nitrogens with zero attached hydrogens (tertiary/aromatic N) is 1. The number of carbonyl (C=O) groups is 1. The standard InChI is InChI=1S/C18H29N3O.2ClH/c1-14(2)13-17(19)18(22)20-16-7-5-15(6-8-16)9-12-21-10-3-4-11-21;;/h5-8,14,17H,3-4,9-13,19H2,1-2H3,(H,20,22);2*1H/t17-;;/m0../s1. The lowest BCUT2D eigenvalue weighted by Gasteiger charge is -2.15. The first-order chi connectivity index (χ1) is 10.5. The third kappa shape index (κ3) is 7.84. The van der Waals surface area contributed by atoms with Crippen molar-refractivity contribution < 1.29 is 4.79 Å². The van der Waals surface area contributed by atoms with Crippen LogP contribution in [0.2, 0.25) is 0 Å². The summed E-state index contributed by atoms with van der Waals surface area (Å²) in [6.45, 7) is 7.75. The predicted molar refractivity (Wildman–Crippen MR) is 106 cm³/mol. The van der Waals surface area contributed by atoms with Crippen molar-refractivity contribution >= 4 is 36.4 Å². The van der Waals surface area contributed by atoms with Crippen molar-refractivity contribution in [2.24, 2.45) is 11.7 Å². The summed E-state index contributed by atoms with van der Waals surface area (Å²) in [5.41, 5.74) is 8.04. The van der Waals surface area contributed by atoms with Crippen LogP contribution in [-0.2, 0) is 11.2 Å². The summed E-state index contributed by atoms with van der Waals surface area (Å²) in [5.74, 6) is 0.326. The third-order valence-electron chi connectivity index (χ3n) is 4.20. The molecule has 0 aliphatic carbocycles. The minimum atomic E-state index is -0.435. The largest absolute Gasteiger partial charge is 0.325 e. The van der Waals surface area contributed by atoms with Crippen molar-refractivity contribution in [1.82, 2.24) is 4.90 Å². The van der Waals surface area contributed by atoms with E-state index < -0.39 is 6.04 Å². The van der Waals surface area contributed by atoms with E-state index in [4.69, 9.17) is 5.73 Å². The average molecular weight is 376 g/mol. The van der Waals surface area contributed by atoms with Gasteiger partial charge in [0.05, 0.1) is 6.04 Å². The highest BCUT2D eigenvalue weighted by atomic mass is 35.5. The topological polar surface area (TPSA) is 58.4 Å². The maximum atomic E-state index is 12.0. The van der Waals surface area contributed by atoms with Crippen LogP contribution in [0.25, 0.3) is 0 Å². The molecule has 6 heteroatoms. The van der Waals surface area contributed by atoms with Gasteiger partial charge in [-0.15, -0.1) is 24.8 Å². The van der Waals surface area contributed by atoms with Crippen molar-refractivity contribution in [3.05, 3.63) is 29.8 Å². The lowest BCUT2D eigenvalue weighted by atomic mass is 10.0. The van der Waals surface area contributed by atoms with E-state index in [1.807, 2.05) is 12.1 Å². The van der Waals surface area contributed by atoms with Gasteiger partial charge < -0.3 is 16.0 Å². The van der Waals surface area contributed by atoms with Crippen LogP contribution in [0.5, 0.6) is 0 Å². The Labute approximate surface area is 158 Å². The van der Waals surface area contributed by atoms with Crippen LogP contribution < -0.4 is 11.1 Å². The first kappa shape index (κ1) is 23.2. The molecule has 1 amide bonds. The molecule has 0 unspecified atom stereocenters. The van der Waals surface area contributed by atoms with E-state index in [-0.39, 0.29) is 30.7 Å². The number of hydrogen-bond acceptors (Lipinski definition) is 3. The number of rotatable bonds is 7. The number of carbonyl (C=O) groups excluding carboxylic acids is 1. The summed E-state index contributed by atoms with van der Waals surface area (Å²) in [6, 6.07) is 7.70. The van der Waals surface area contributed by atoms with Gasteiger partial charge in [0, 0.05) is 12.2 Å². The monoisotopic (exact) mass is 375 g/mol. The number of likely N-dealkylation sites (tertiary alicyclic amines) is 1. The van der Waals surface area contributed by atoms with Crippen LogP contribution in [0, 0.1) is 5.92 Å². The highest BCUT2D eigenvalue weighted by Gasteiger charge is 2.15. The number of nitrogens with one attached hydrogen (secondary N) is 1. The molecule has 1 heterocycles. The zero-order valence-electron chi connectivity index (χ0n) is 14.7. The Hall–Kier alpha value is -0.810. The molecular formula is C18H31Cl2N3O. The van der Waals surface area contributed by atoms with E-state index in [9.17, 15) is 4.79 Å². The van der Waals surface area contributed by atoms with Gasteiger partial charge in [0.2, 0.25) is 5.91 Å². The van der Waals surface area contributed by atoms with Crippen LogP contribution in [0.4, 0.5) is 5.69 Å². The Morgan fingerprint density at radius 2 is 1.75 bits per heavy atom. The van der Waals surface area contributed by atoms with Crippen LogP contribution >= 0.6 is 24.8 Å². The Bertz CT molecular complexity index is 474. The second kappa shape index (κ2) is 11.7. The van der Waals surface area contributed by atoms with Crippen LogP contribution in [0.15, 0.2) is 24.3 Å². The Morgan fingerprint density at radius 3 is 2.29 bits per heavy atom. The molecule has 1 aromatic carbocycles. The number of anilines is 1. The Morgan fingerprint density at radius 1 is 1.17 bits per heavy atom. The second-order valence-electron chi connectivity index (χ2n) is 6.72.